The Bertz CT molecular complexity index is 478. The highest BCUT2D eigenvalue weighted by molar-refractivity contribution is 6.35. The molecule has 1 atom stereocenters. The zero-order valence-electron chi connectivity index (χ0n) is 11.8. The van der Waals surface area contributed by atoms with E-state index in [9.17, 15) is 9.90 Å². The molecule has 0 saturated heterocycles. The summed E-state index contributed by atoms with van der Waals surface area (Å²) in [5, 5.41) is 16.3. The summed E-state index contributed by atoms with van der Waals surface area (Å²) in [5.74, 6) is 0.288. The van der Waals surface area contributed by atoms with Crippen LogP contribution in [-0.2, 0) is 11.3 Å². The number of hydrogen-bond acceptors (Lipinski definition) is 3. The molecule has 0 saturated carbocycles. The number of aromatic hydroxyl groups is 1. The molecule has 6 heteroatoms. The third kappa shape index (κ3) is 4.85. The van der Waals surface area contributed by atoms with Gasteiger partial charge < -0.3 is 15.7 Å². The summed E-state index contributed by atoms with van der Waals surface area (Å²) in [6, 6.07) is 2.79. The molecule has 1 rings (SSSR count). The van der Waals surface area contributed by atoms with Crippen molar-refractivity contribution in [3.63, 3.8) is 0 Å². The van der Waals surface area contributed by atoms with E-state index >= 15 is 0 Å². The number of benzene rings is 1. The Morgan fingerprint density at radius 2 is 2.00 bits per heavy atom. The van der Waals surface area contributed by atoms with Gasteiger partial charge in [-0.05, 0) is 24.5 Å². The van der Waals surface area contributed by atoms with Gasteiger partial charge in [-0.1, -0.05) is 37.0 Å². The predicted octanol–water partition coefficient (Wildman–Crippen LogP) is 2.95. The smallest absolute Gasteiger partial charge is 0.236 e. The molecule has 0 aromatic heterocycles. The summed E-state index contributed by atoms with van der Waals surface area (Å²) in [6.07, 6.45) is 0.703. The highest BCUT2D eigenvalue weighted by Crippen LogP contribution is 2.31. The second-order valence-electron chi connectivity index (χ2n) is 5.07. The van der Waals surface area contributed by atoms with Crippen LogP contribution in [0.4, 0.5) is 0 Å². The van der Waals surface area contributed by atoms with Crippen LogP contribution in [0.5, 0.6) is 5.75 Å². The maximum atomic E-state index is 11.8. The van der Waals surface area contributed by atoms with Gasteiger partial charge in [-0.3, -0.25) is 4.79 Å². The SMILES string of the molecule is CNC(=O)C(CC(C)C)NCc1cc(Cl)cc(Cl)c1O. The van der Waals surface area contributed by atoms with Gasteiger partial charge >= 0.3 is 0 Å². The third-order valence-corrected chi connectivity index (χ3v) is 3.42. The number of hydrogen-bond donors (Lipinski definition) is 3. The molecule has 1 aromatic carbocycles. The Morgan fingerprint density at radius 3 is 2.55 bits per heavy atom. The first-order valence-corrected chi connectivity index (χ1v) is 7.22. The van der Waals surface area contributed by atoms with E-state index in [2.05, 4.69) is 10.6 Å². The largest absolute Gasteiger partial charge is 0.506 e. The van der Waals surface area contributed by atoms with E-state index in [4.69, 9.17) is 23.2 Å². The molecule has 20 heavy (non-hydrogen) atoms. The van der Waals surface area contributed by atoms with Crippen molar-refractivity contribution in [1.29, 1.82) is 0 Å². The van der Waals surface area contributed by atoms with Crippen molar-refractivity contribution in [3.8, 4) is 5.75 Å². The average molecular weight is 319 g/mol. The van der Waals surface area contributed by atoms with Gasteiger partial charge in [0, 0.05) is 24.2 Å². The number of amides is 1. The minimum absolute atomic E-state index is 0.0104. The van der Waals surface area contributed by atoms with Crippen molar-refractivity contribution in [2.24, 2.45) is 5.92 Å². The second kappa shape index (κ2) is 7.72. The van der Waals surface area contributed by atoms with Gasteiger partial charge in [-0.15, -0.1) is 0 Å². The summed E-state index contributed by atoms with van der Waals surface area (Å²) in [5.41, 5.74) is 0.570. The van der Waals surface area contributed by atoms with Crippen LogP contribution < -0.4 is 10.6 Å². The van der Waals surface area contributed by atoms with E-state index in [1.807, 2.05) is 13.8 Å². The lowest BCUT2D eigenvalue weighted by Crippen LogP contribution is -2.43. The fourth-order valence-corrected chi connectivity index (χ4v) is 2.45. The quantitative estimate of drug-likeness (QED) is 0.755. The van der Waals surface area contributed by atoms with E-state index in [1.54, 1.807) is 13.1 Å². The zero-order valence-corrected chi connectivity index (χ0v) is 13.3. The molecule has 0 heterocycles. The van der Waals surface area contributed by atoms with Crippen molar-refractivity contribution in [2.75, 3.05) is 7.05 Å². The van der Waals surface area contributed by atoms with Crippen molar-refractivity contribution in [3.05, 3.63) is 27.7 Å². The van der Waals surface area contributed by atoms with Crippen LogP contribution in [0.3, 0.4) is 0 Å². The lowest BCUT2D eigenvalue weighted by molar-refractivity contribution is -0.123. The Labute approximate surface area is 129 Å². The molecular weight excluding hydrogens is 299 g/mol. The van der Waals surface area contributed by atoms with E-state index in [1.165, 1.54) is 6.07 Å². The molecule has 3 N–H and O–H groups in total. The molecule has 0 bridgehead atoms. The molecule has 112 valence electrons. The van der Waals surface area contributed by atoms with Crippen LogP contribution in [0.15, 0.2) is 12.1 Å². The van der Waals surface area contributed by atoms with Gasteiger partial charge in [0.15, 0.2) is 0 Å². The zero-order chi connectivity index (χ0) is 15.3. The molecule has 0 spiro atoms. The Kier molecular flexibility index (Phi) is 6.59. The summed E-state index contributed by atoms with van der Waals surface area (Å²) >= 11 is 11.8. The fourth-order valence-electron chi connectivity index (χ4n) is 1.92. The Balaban J connectivity index is 2.79. The maximum absolute atomic E-state index is 11.8. The van der Waals surface area contributed by atoms with Gasteiger partial charge in [0.2, 0.25) is 5.91 Å². The molecule has 1 unspecified atom stereocenters. The van der Waals surface area contributed by atoms with E-state index < -0.39 is 0 Å². The number of rotatable bonds is 6. The van der Waals surface area contributed by atoms with Crippen molar-refractivity contribution < 1.29 is 9.90 Å². The number of phenolic OH excluding ortho intramolecular Hbond substituents is 1. The van der Waals surface area contributed by atoms with Crippen LogP contribution in [-0.4, -0.2) is 24.1 Å². The van der Waals surface area contributed by atoms with Gasteiger partial charge in [0.05, 0.1) is 11.1 Å². The van der Waals surface area contributed by atoms with Gasteiger partial charge in [0.1, 0.15) is 5.75 Å². The highest BCUT2D eigenvalue weighted by atomic mass is 35.5. The van der Waals surface area contributed by atoms with Crippen molar-refractivity contribution in [1.82, 2.24) is 10.6 Å². The molecule has 1 amide bonds. The monoisotopic (exact) mass is 318 g/mol. The van der Waals surface area contributed by atoms with Gasteiger partial charge in [-0.2, -0.15) is 0 Å². The summed E-state index contributed by atoms with van der Waals surface area (Å²) in [4.78, 5) is 11.8. The fraction of sp³-hybridized carbons (Fsp3) is 0.500. The first kappa shape index (κ1) is 17.1. The molecule has 0 aliphatic carbocycles. The minimum atomic E-state index is -0.322. The molecule has 0 radical (unpaired) electrons. The number of carbonyl (C=O) groups excluding carboxylic acids is 1. The van der Waals surface area contributed by atoms with Gasteiger partial charge in [0.25, 0.3) is 0 Å². The molecular formula is C14H20Cl2N2O2. The Hall–Kier alpha value is -0.970. The number of carbonyl (C=O) groups is 1. The summed E-state index contributed by atoms with van der Waals surface area (Å²) in [7, 11) is 1.60. The van der Waals surface area contributed by atoms with Crippen LogP contribution in [0, 0.1) is 5.92 Å². The van der Waals surface area contributed by atoms with E-state index in [0.29, 0.717) is 29.5 Å². The Morgan fingerprint density at radius 1 is 1.35 bits per heavy atom. The third-order valence-electron chi connectivity index (χ3n) is 2.92. The van der Waals surface area contributed by atoms with Gasteiger partial charge in [-0.25, -0.2) is 0 Å². The lowest BCUT2D eigenvalue weighted by Gasteiger charge is -2.19. The molecule has 4 nitrogen and oxygen atoms in total. The number of likely N-dealkylation sites (N-methyl/N-ethyl adjacent to an activating group) is 1. The lowest BCUT2D eigenvalue weighted by atomic mass is 10.0. The molecule has 0 fully saturated rings. The molecule has 0 aliphatic rings. The van der Waals surface area contributed by atoms with Crippen LogP contribution in [0.25, 0.3) is 0 Å². The summed E-state index contributed by atoms with van der Waals surface area (Å²) in [6.45, 7) is 4.41. The molecule has 0 aliphatic heterocycles. The number of nitrogens with one attached hydrogen (secondary N) is 2. The predicted molar refractivity (Wildman–Crippen MR) is 82.3 cm³/mol. The normalized spacial score (nSPS) is 12.5. The average Bonchev–Trinajstić information content (AvgIpc) is 2.38. The van der Waals surface area contributed by atoms with Crippen LogP contribution >= 0.6 is 23.2 Å². The number of halogens is 2. The standard InChI is InChI=1S/C14H20Cl2N2O2/c1-8(2)4-12(14(20)17-3)18-7-9-5-10(15)6-11(16)13(9)19/h5-6,8,12,18-19H,4,7H2,1-3H3,(H,17,20). The second-order valence-corrected chi connectivity index (χ2v) is 5.92. The molecule has 1 aromatic rings. The number of phenols is 1. The maximum Gasteiger partial charge on any atom is 0.236 e. The minimum Gasteiger partial charge on any atom is -0.506 e. The van der Waals surface area contributed by atoms with Crippen LogP contribution in [0.1, 0.15) is 25.8 Å². The van der Waals surface area contributed by atoms with Crippen molar-refractivity contribution in [2.45, 2.75) is 32.9 Å². The van der Waals surface area contributed by atoms with Crippen molar-refractivity contribution >= 4 is 29.1 Å². The van der Waals surface area contributed by atoms with E-state index in [-0.39, 0.29) is 22.7 Å². The topological polar surface area (TPSA) is 61.4 Å². The highest BCUT2D eigenvalue weighted by Gasteiger charge is 2.19. The van der Waals surface area contributed by atoms with E-state index in [0.717, 1.165) is 0 Å². The summed E-state index contributed by atoms with van der Waals surface area (Å²) < 4.78 is 0. The first-order valence-electron chi connectivity index (χ1n) is 6.47. The van der Waals surface area contributed by atoms with Crippen LogP contribution in [0.2, 0.25) is 10.0 Å². The first-order chi connectivity index (χ1) is 9.35.